The molecule has 1 fully saturated rings. The zero-order chi connectivity index (χ0) is 18.6. The monoisotopic (exact) mass is 382 g/mol. The van der Waals surface area contributed by atoms with Gasteiger partial charge in [0.15, 0.2) is 5.13 Å². The van der Waals surface area contributed by atoms with Gasteiger partial charge in [0.1, 0.15) is 5.75 Å². The van der Waals surface area contributed by atoms with Crippen molar-refractivity contribution in [3.63, 3.8) is 0 Å². The van der Waals surface area contributed by atoms with Crippen LogP contribution in [0.15, 0.2) is 42.7 Å². The quantitative estimate of drug-likeness (QED) is 0.692. The molecule has 0 aliphatic carbocycles. The minimum atomic E-state index is 0.0740. The van der Waals surface area contributed by atoms with Crippen LogP contribution in [-0.2, 0) is 0 Å². The van der Waals surface area contributed by atoms with Crippen LogP contribution in [0.4, 0.5) is 5.13 Å². The highest BCUT2D eigenvalue weighted by atomic mass is 32.1. The number of carbonyl (C=O) groups excluding carboxylic acids is 1. The maximum Gasteiger partial charge on any atom is 0.254 e. The van der Waals surface area contributed by atoms with Gasteiger partial charge in [0.2, 0.25) is 0 Å². The lowest BCUT2D eigenvalue weighted by atomic mass is 10.2. The van der Waals surface area contributed by atoms with Crippen molar-refractivity contribution < 1.29 is 9.53 Å². The average Bonchev–Trinajstić information content (AvgIpc) is 2.96. The molecule has 0 radical (unpaired) electrons. The largest absolute Gasteiger partial charge is 0.494 e. The molecule has 1 amide bonds. The Labute approximate surface area is 162 Å². The van der Waals surface area contributed by atoms with Crippen LogP contribution in [0.2, 0.25) is 0 Å². The van der Waals surface area contributed by atoms with E-state index in [0.29, 0.717) is 18.7 Å². The standard InChI is InChI=1S/C20H22N4O2S/c1-2-26-16-4-5-17-18(14-16)27-20(22-17)24-11-3-10-23(12-13-24)19(25)15-6-8-21-9-7-15/h4-9,14H,2-3,10-13H2,1H3. The molecule has 6 nitrogen and oxygen atoms in total. The molecule has 0 saturated carbocycles. The molecule has 1 saturated heterocycles. The number of aromatic nitrogens is 2. The molecule has 0 unspecified atom stereocenters. The zero-order valence-corrected chi connectivity index (χ0v) is 16.1. The number of hydrogen-bond donors (Lipinski definition) is 0. The number of hydrogen-bond acceptors (Lipinski definition) is 6. The second-order valence-electron chi connectivity index (χ2n) is 6.43. The van der Waals surface area contributed by atoms with E-state index in [4.69, 9.17) is 9.72 Å². The second-order valence-corrected chi connectivity index (χ2v) is 7.44. The molecule has 3 heterocycles. The summed E-state index contributed by atoms with van der Waals surface area (Å²) >= 11 is 1.68. The van der Waals surface area contributed by atoms with Gasteiger partial charge in [-0.3, -0.25) is 9.78 Å². The number of ether oxygens (including phenoxy) is 1. The van der Waals surface area contributed by atoms with Gasteiger partial charge in [0, 0.05) is 44.1 Å². The van der Waals surface area contributed by atoms with E-state index in [1.54, 1.807) is 35.9 Å². The third-order valence-electron chi connectivity index (χ3n) is 4.64. The average molecular weight is 382 g/mol. The molecular weight excluding hydrogens is 360 g/mol. The minimum Gasteiger partial charge on any atom is -0.494 e. The van der Waals surface area contributed by atoms with E-state index >= 15 is 0 Å². The van der Waals surface area contributed by atoms with Crippen LogP contribution in [-0.4, -0.2) is 53.6 Å². The van der Waals surface area contributed by atoms with Crippen molar-refractivity contribution in [1.29, 1.82) is 0 Å². The number of rotatable bonds is 4. The number of nitrogens with zero attached hydrogens (tertiary/aromatic N) is 4. The fraction of sp³-hybridized carbons (Fsp3) is 0.350. The van der Waals surface area contributed by atoms with Crippen molar-refractivity contribution in [2.45, 2.75) is 13.3 Å². The van der Waals surface area contributed by atoms with Crippen LogP contribution < -0.4 is 9.64 Å². The summed E-state index contributed by atoms with van der Waals surface area (Å²) in [7, 11) is 0. The Bertz CT molecular complexity index is 928. The fourth-order valence-corrected chi connectivity index (χ4v) is 4.32. The van der Waals surface area contributed by atoms with Crippen molar-refractivity contribution in [3.05, 3.63) is 48.3 Å². The molecule has 2 aromatic heterocycles. The first-order chi connectivity index (χ1) is 13.2. The molecule has 0 spiro atoms. The Morgan fingerprint density at radius 2 is 2.00 bits per heavy atom. The smallest absolute Gasteiger partial charge is 0.254 e. The van der Waals surface area contributed by atoms with Gasteiger partial charge in [0.25, 0.3) is 5.91 Å². The van der Waals surface area contributed by atoms with Gasteiger partial charge < -0.3 is 14.5 Å². The fourth-order valence-electron chi connectivity index (χ4n) is 3.27. The first-order valence-electron chi connectivity index (χ1n) is 9.22. The minimum absolute atomic E-state index is 0.0740. The predicted octanol–water partition coefficient (Wildman–Crippen LogP) is 3.44. The van der Waals surface area contributed by atoms with Crippen LogP contribution in [0.5, 0.6) is 5.75 Å². The van der Waals surface area contributed by atoms with Crippen LogP contribution in [0.3, 0.4) is 0 Å². The second kappa shape index (κ2) is 7.92. The van der Waals surface area contributed by atoms with Gasteiger partial charge in [-0.2, -0.15) is 0 Å². The van der Waals surface area contributed by atoms with Crippen molar-refractivity contribution >= 4 is 32.6 Å². The van der Waals surface area contributed by atoms with Gasteiger partial charge >= 0.3 is 0 Å². The maximum atomic E-state index is 12.7. The van der Waals surface area contributed by atoms with E-state index in [1.165, 1.54) is 0 Å². The Hall–Kier alpha value is -2.67. The normalized spacial score (nSPS) is 15.0. The molecule has 1 aromatic carbocycles. The third kappa shape index (κ3) is 3.88. The zero-order valence-electron chi connectivity index (χ0n) is 15.3. The number of anilines is 1. The molecule has 3 aromatic rings. The summed E-state index contributed by atoms with van der Waals surface area (Å²) in [5, 5.41) is 1.01. The summed E-state index contributed by atoms with van der Waals surface area (Å²) < 4.78 is 6.72. The summed E-state index contributed by atoms with van der Waals surface area (Å²) in [4.78, 5) is 25.7. The van der Waals surface area contributed by atoms with E-state index < -0.39 is 0 Å². The topological polar surface area (TPSA) is 58.6 Å². The van der Waals surface area contributed by atoms with Gasteiger partial charge in [-0.05, 0) is 43.7 Å². The lowest BCUT2D eigenvalue weighted by molar-refractivity contribution is 0.0767. The van der Waals surface area contributed by atoms with Crippen LogP contribution >= 0.6 is 11.3 Å². The Morgan fingerprint density at radius 1 is 1.15 bits per heavy atom. The molecule has 1 aliphatic rings. The van der Waals surface area contributed by atoms with Crippen LogP contribution in [0.1, 0.15) is 23.7 Å². The van der Waals surface area contributed by atoms with Crippen molar-refractivity contribution in [2.24, 2.45) is 0 Å². The first-order valence-corrected chi connectivity index (χ1v) is 10.0. The number of benzene rings is 1. The molecule has 0 N–H and O–H groups in total. The highest BCUT2D eigenvalue weighted by Gasteiger charge is 2.22. The number of pyridine rings is 1. The maximum absolute atomic E-state index is 12.7. The van der Waals surface area contributed by atoms with Crippen LogP contribution in [0, 0.1) is 0 Å². The Morgan fingerprint density at radius 3 is 2.81 bits per heavy atom. The Kier molecular flexibility index (Phi) is 5.20. The lowest BCUT2D eigenvalue weighted by Crippen LogP contribution is -2.35. The predicted molar refractivity (Wildman–Crippen MR) is 108 cm³/mol. The van der Waals surface area contributed by atoms with Gasteiger partial charge in [0.05, 0.1) is 16.8 Å². The van der Waals surface area contributed by atoms with E-state index in [-0.39, 0.29) is 5.91 Å². The van der Waals surface area contributed by atoms with E-state index in [1.807, 2.05) is 24.0 Å². The number of fused-ring (bicyclic) bond motifs is 1. The van der Waals surface area contributed by atoms with Crippen molar-refractivity contribution in [3.8, 4) is 5.75 Å². The molecular formula is C20H22N4O2S. The molecule has 27 heavy (non-hydrogen) atoms. The molecule has 1 aliphatic heterocycles. The van der Waals surface area contributed by atoms with E-state index in [9.17, 15) is 4.79 Å². The summed E-state index contributed by atoms with van der Waals surface area (Å²) in [6, 6.07) is 9.57. The SMILES string of the molecule is CCOc1ccc2nc(N3CCCN(C(=O)c4ccncc4)CC3)sc2c1. The molecule has 4 rings (SSSR count). The summed E-state index contributed by atoms with van der Waals surface area (Å²) in [5.74, 6) is 0.954. The van der Waals surface area contributed by atoms with E-state index in [2.05, 4.69) is 16.0 Å². The highest BCUT2D eigenvalue weighted by Crippen LogP contribution is 2.32. The van der Waals surface area contributed by atoms with Gasteiger partial charge in [-0.15, -0.1) is 0 Å². The van der Waals surface area contributed by atoms with E-state index in [0.717, 1.165) is 47.2 Å². The molecule has 140 valence electrons. The molecule has 0 atom stereocenters. The molecule has 0 bridgehead atoms. The van der Waals surface area contributed by atoms with Gasteiger partial charge in [-0.25, -0.2) is 4.98 Å². The number of amides is 1. The number of thiazole rings is 1. The van der Waals surface area contributed by atoms with Crippen molar-refractivity contribution in [1.82, 2.24) is 14.9 Å². The Balaban J connectivity index is 1.48. The van der Waals surface area contributed by atoms with Crippen molar-refractivity contribution in [2.75, 3.05) is 37.7 Å². The summed E-state index contributed by atoms with van der Waals surface area (Å²) in [6.45, 7) is 5.79. The molecule has 7 heteroatoms. The van der Waals surface area contributed by atoms with Crippen LogP contribution in [0.25, 0.3) is 10.2 Å². The van der Waals surface area contributed by atoms with Gasteiger partial charge in [-0.1, -0.05) is 11.3 Å². The first kappa shape index (κ1) is 17.7. The third-order valence-corrected chi connectivity index (χ3v) is 5.72. The summed E-state index contributed by atoms with van der Waals surface area (Å²) in [5.41, 5.74) is 1.69. The highest BCUT2D eigenvalue weighted by molar-refractivity contribution is 7.22. The lowest BCUT2D eigenvalue weighted by Gasteiger charge is -2.21. The summed E-state index contributed by atoms with van der Waals surface area (Å²) in [6.07, 6.45) is 4.25. The number of carbonyl (C=O) groups is 1.